The van der Waals surface area contributed by atoms with Gasteiger partial charge in [-0.3, -0.25) is 9.68 Å². The highest BCUT2D eigenvalue weighted by Crippen LogP contribution is 2.09. The summed E-state index contributed by atoms with van der Waals surface area (Å²) in [4.78, 5) is 10.4. The van der Waals surface area contributed by atoms with Crippen molar-refractivity contribution < 1.29 is 19.9 Å². The Hall–Kier alpha value is -1.24. The first-order valence-electron chi connectivity index (χ1n) is 5.76. The van der Waals surface area contributed by atoms with Gasteiger partial charge in [-0.05, 0) is 11.1 Å². The van der Waals surface area contributed by atoms with Crippen LogP contribution in [0.15, 0.2) is 30.8 Å². The maximum atomic E-state index is 8.71. The average Bonchev–Trinajstić information content (AvgIpc) is 2.42. The standard InChI is InChI=1S/C13H19NO4/c1-2-12-3-5-13(6-4-12)11-14(17-9-7-15)18-10-8-16/h2-6,15-16H,1,7-11H2. The first kappa shape index (κ1) is 14.8. The lowest BCUT2D eigenvalue weighted by molar-refractivity contribution is -0.378. The normalized spacial score (nSPS) is 10.8. The minimum absolute atomic E-state index is 0.0889. The lowest BCUT2D eigenvalue weighted by atomic mass is 10.1. The predicted molar refractivity (Wildman–Crippen MR) is 68.2 cm³/mol. The second-order valence-corrected chi connectivity index (χ2v) is 3.55. The van der Waals surface area contributed by atoms with Crippen molar-refractivity contribution in [3.05, 3.63) is 42.0 Å². The fourth-order valence-electron chi connectivity index (χ4n) is 1.32. The summed E-state index contributed by atoms with van der Waals surface area (Å²) in [6.07, 6.45) is 1.77. The zero-order valence-electron chi connectivity index (χ0n) is 10.3. The zero-order valence-corrected chi connectivity index (χ0v) is 10.3. The molecule has 5 heteroatoms. The van der Waals surface area contributed by atoms with E-state index in [0.29, 0.717) is 6.54 Å². The fraction of sp³-hybridized carbons (Fsp3) is 0.385. The van der Waals surface area contributed by atoms with E-state index >= 15 is 0 Å². The first-order valence-corrected chi connectivity index (χ1v) is 5.76. The highest BCUT2D eigenvalue weighted by molar-refractivity contribution is 5.47. The number of hydroxylamine groups is 2. The van der Waals surface area contributed by atoms with Crippen LogP contribution in [0.25, 0.3) is 6.08 Å². The Morgan fingerprint density at radius 1 is 1.06 bits per heavy atom. The van der Waals surface area contributed by atoms with Crippen molar-refractivity contribution in [2.75, 3.05) is 26.4 Å². The molecule has 18 heavy (non-hydrogen) atoms. The Kier molecular flexibility index (Phi) is 7.24. The van der Waals surface area contributed by atoms with Gasteiger partial charge in [-0.2, -0.15) is 0 Å². The molecule has 1 aromatic carbocycles. The third kappa shape index (κ3) is 5.39. The highest BCUT2D eigenvalue weighted by Gasteiger charge is 2.07. The van der Waals surface area contributed by atoms with Crippen LogP contribution in [0.1, 0.15) is 11.1 Å². The molecule has 2 N–H and O–H groups in total. The van der Waals surface area contributed by atoms with Crippen LogP contribution in [0.2, 0.25) is 0 Å². The third-order valence-electron chi connectivity index (χ3n) is 2.18. The molecule has 0 amide bonds. The van der Waals surface area contributed by atoms with Gasteiger partial charge in [0, 0.05) is 0 Å². The van der Waals surface area contributed by atoms with Crippen LogP contribution in [-0.2, 0) is 16.2 Å². The summed E-state index contributed by atoms with van der Waals surface area (Å²) < 4.78 is 0. The van der Waals surface area contributed by atoms with Gasteiger partial charge in [-0.1, -0.05) is 42.1 Å². The molecule has 0 fully saturated rings. The number of aliphatic hydroxyl groups is 2. The first-order chi connectivity index (χ1) is 8.80. The van der Waals surface area contributed by atoms with Crippen molar-refractivity contribution >= 4 is 6.08 Å². The van der Waals surface area contributed by atoms with Crippen LogP contribution in [0.4, 0.5) is 0 Å². The minimum atomic E-state index is -0.0889. The van der Waals surface area contributed by atoms with E-state index in [1.54, 1.807) is 6.08 Å². The van der Waals surface area contributed by atoms with Crippen molar-refractivity contribution in [3.63, 3.8) is 0 Å². The van der Waals surface area contributed by atoms with E-state index in [0.717, 1.165) is 11.1 Å². The van der Waals surface area contributed by atoms with Crippen molar-refractivity contribution in [2.24, 2.45) is 0 Å². The summed E-state index contributed by atoms with van der Waals surface area (Å²) >= 11 is 0. The quantitative estimate of drug-likeness (QED) is 0.642. The molecule has 0 saturated carbocycles. The van der Waals surface area contributed by atoms with Crippen LogP contribution in [0.5, 0.6) is 0 Å². The van der Waals surface area contributed by atoms with E-state index in [-0.39, 0.29) is 26.4 Å². The second kappa shape index (κ2) is 8.79. The van der Waals surface area contributed by atoms with Gasteiger partial charge in [-0.15, -0.1) is 0 Å². The summed E-state index contributed by atoms with van der Waals surface area (Å²) in [6.45, 7) is 4.22. The van der Waals surface area contributed by atoms with Crippen molar-refractivity contribution in [2.45, 2.75) is 6.54 Å². The Balaban J connectivity index is 2.53. The van der Waals surface area contributed by atoms with Crippen molar-refractivity contribution in [1.29, 1.82) is 0 Å². The van der Waals surface area contributed by atoms with Gasteiger partial charge in [0.15, 0.2) is 0 Å². The Morgan fingerprint density at radius 3 is 2.06 bits per heavy atom. The molecule has 0 spiro atoms. The van der Waals surface area contributed by atoms with E-state index in [1.807, 2.05) is 24.3 Å². The largest absolute Gasteiger partial charge is 0.394 e. The molecule has 0 saturated heterocycles. The topological polar surface area (TPSA) is 62.2 Å². The molecule has 0 heterocycles. The molecule has 1 aromatic rings. The molecule has 100 valence electrons. The molecular formula is C13H19NO4. The predicted octanol–water partition coefficient (Wildman–Crippen LogP) is 0.979. The van der Waals surface area contributed by atoms with E-state index in [1.165, 1.54) is 5.23 Å². The summed E-state index contributed by atoms with van der Waals surface area (Å²) in [5, 5.41) is 18.7. The van der Waals surface area contributed by atoms with E-state index < -0.39 is 0 Å². The molecule has 0 aliphatic heterocycles. The van der Waals surface area contributed by atoms with Gasteiger partial charge in [0.1, 0.15) is 0 Å². The van der Waals surface area contributed by atoms with Crippen LogP contribution >= 0.6 is 0 Å². The van der Waals surface area contributed by atoms with Gasteiger partial charge in [0.05, 0.1) is 33.0 Å². The van der Waals surface area contributed by atoms with Gasteiger partial charge in [0.25, 0.3) is 0 Å². The monoisotopic (exact) mass is 253 g/mol. The smallest absolute Gasteiger partial charge is 0.0942 e. The van der Waals surface area contributed by atoms with Crippen LogP contribution in [0, 0.1) is 0 Å². The maximum absolute atomic E-state index is 8.71. The molecule has 1 rings (SSSR count). The SMILES string of the molecule is C=Cc1ccc(CN(OCCO)OCCO)cc1. The van der Waals surface area contributed by atoms with E-state index in [4.69, 9.17) is 19.9 Å². The molecule has 0 aromatic heterocycles. The van der Waals surface area contributed by atoms with Gasteiger partial charge < -0.3 is 10.2 Å². The molecule has 0 aliphatic carbocycles. The summed E-state index contributed by atoms with van der Waals surface area (Å²) in [7, 11) is 0. The van der Waals surface area contributed by atoms with Gasteiger partial charge in [0.2, 0.25) is 0 Å². The molecular weight excluding hydrogens is 234 g/mol. The van der Waals surface area contributed by atoms with Gasteiger partial charge in [-0.25, -0.2) is 0 Å². The van der Waals surface area contributed by atoms with Crippen LogP contribution in [0.3, 0.4) is 0 Å². The Morgan fingerprint density at radius 2 is 1.61 bits per heavy atom. The maximum Gasteiger partial charge on any atom is 0.0942 e. The zero-order chi connectivity index (χ0) is 13.2. The highest BCUT2D eigenvalue weighted by atomic mass is 16.9. The van der Waals surface area contributed by atoms with Crippen LogP contribution in [-0.4, -0.2) is 41.9 Å². The van der Waals surface area contributed by atoms with Crippen molar-refractivity contribution in [1.82, 2.24) is 5.23 Å². The Bertz CT molecular complexity index is 331. The number of hydrogen-bond acceptors (Lipinski definition) is 5. The van der Waals surface area contributed by atoms with Crippen LogP contribution < -0.4 is 0 Å². The molecule has 0 bridgehead atoms. The number of nitrogens with zero attached hydrogens (tertiary/aromatic N) is 1. The molecule has 0 radical (unpaired) electrons. The molecule has 0 unspecified atom stereocenters. The van der Waals surface area contributed by atoms with E-state index in [9.17, 15) is 0 Å². The average molecular weight is 253 g/mol. The lowest BCUT2D eigenvalue weighted by Gasteiger charge is -2.20. The lowest BCUT2D eigenvalue weighted by Crippen LogP contribution is -2.27. The third-order valence-corrected chi connectivity index (χ3v) is 2.18. The molecule has 5 nitrogen and oxygen atoms in total. The van der Waals surface area contributed by atoms with Gasteiger partial charge >= 0.3 is 0 Å². The second-order valence-electron chi connectivity index (χ2n) is 3.55. The summed E-state index contributed by atoms with van der Waals surface area (Å²) in [6, 6.07) is 7.76. The number of hydrogen-bond donors (Lipinski definition) is 2. The minimum Gasteiger partial charge on any atom is -0.394 e. The van der Waals surface area contributed by atoms with Crippen molar-refractivity contribution in [3.8, 4) is 0 Å². The summed E-state index contributed by atoms with van der Waals surface area (Å²) in [5.74, 6) is 0. The fourth-order valence-corrected chi connectivity index (χ4v) is 1.32. The molecule has 0 atom stereocenters. The number of aliphatic hydroxyl groups excluding tert-OH is 2. The van der Waals surface area contributed by atoms with E-state index in [2.05, 4.69) is 6.58 Å². The molecule has 0 aliphatic rings. The number of benzene rings is 1. The Labute approximate surface area is 107 Å². The summed E-state index contributed by atoms with van der Waals surface area (Å²) in [5.41, 5.74) is 2.04. The number of rotatable bonds is 9.